The molecule has 4 N–H and O–H groups in total. The minimum Gasteiger partial charge on any atom is -0.481 e. The van der Waals surface area contributed by atoms with Crippen molar-refractivity contribution >= 4 is 23.3 Å². The normalized spacial score (nSPS) is 11.1. The monoisotopic (exact) mass is 280 g/mol. The van der Waals surface area contributed by atoms with Crippen molar-refractivity contribution in [2.24, 2.45) is 5.41 Å². The van der Waals surface area contributed by atoms with E-state index in [0.29, 0.717) is 11.4 Å². The van der Waals surface area contributed by atoms with Crippen LogP contribution in [-0.4, -0.2) is 35.2 Å². The molecule has 0 radical (unpaired) electrons. The molecule has 20 heavy (non-hydrogen) atoms. The maximum absolute atomic E-state index is 11.2. The minimum atomic E-state index is -0.999. The second kappa shape index (κ2) is 6.27. The van der Waals surface area contributed by atoms with Crippen LogP contribution in [-0.2, 0) is 9.59 Å². The Labute approximate surface area is 117 Å². The third kappa shape index (κ3) is 4.15. The largest absolute Gasteiger partial charge is 0.481 e. The molecule has 1 aromatic carbocycles. The number of hydrogen-bond acceptors (Lipinski definition) is 4. The van der Waals surface area contributed by atoms with Gasteiger partial charge in [-0.25, -0.2) is 0 Å². The Bertz CT molecular complexity index is 500. The first kappa shape index (κ1) is 15.8. The Kier molecular flexibility index (Phi) is 4.96. The number of anilines is 2. The molecule has 0 amide bonds. The average Bonchev–Trinajstić information content (AvgIpc) is 2.35. The number of carbonyl (C=O) groups is 2. The van der Waals surface area contributed by atoms with Crippen molar-refractivity contribution in [3.63, 3.8) is 0 Å². The fourth-order valence-electron chi connectivity index (χ4n) is 1.84. The van der Waals surface area contributed by atoms with Crippen LogP contribution in [0.4, 0.5) is 11.4 Å². The van der Waals surface area contributed by atoms with E-state index < -0.39 is 17.4 Å². The Morgan fingerprint density at radius 1 is 1.25 bits per heavy atom. The van der Waals surface area contributed by atoms with Crippen LogP contribution in [0.1, 0.15) is 20.3 Å². The second-order valence-corrected chi connectivity index (χ2v) is 5.31. The van der Waals surface area contributed by atoms with E-state index in [-0.39, 0.29) is 19.5 Å². The van der Waals surface area contributed by atoms with Gasteiger partial charge in [0.15, 0.2) is 0 Å². The number of hydrogen-bond donors (Lipinski definition) is 3. The highest BCUT2D eigenvalue weighted by atomic mass is 16.4. The Balaban J connectivity index is 3.00. The SMILES string of the molecule is CC(C)(CN(CCC(=O)O)c1ccccc1N)C(=O)O. The summed E-state index contributed by atoms with van der Waals surface area (Å²) >= 11 is 0. The predicted molar refractivity (Wildman–Crippen MR) is 76.7 cm³/mol. The van der Waals surface area contributed by atoms with Gasteiger partial charge in [0, 0.05) is 13.1 Å². The quantitative estimate of drug-likeness (QED) is 0.656. The van der Waals surface area contributed by atoms with Gasteiger partial charge in [-0.05, 0) is 26.0 Å². The topological polar surface area (TPSA) is 104 Å². The van der Waals surface area contributed by atoms with Gasteiger partial charge in [0.05, 0.1) is 23.2 Å². The number of nitrogen functional groups attached to an aromatic ring is 1. The second-order valence-electron chi connectivity index (χ2n) is 5.31. The standard InChI is InChI=1S/C14H20N2O4/c1-14(2,13(19)20)9-16(8-7-12(17)18)11-6-4-3-5-10(11)15/h3-6H,7-9,15H2,1-2H3,(H,17,18)(H,19,20). The molecule has 0 bridgehead atoms. The molecule has 0 aliphatic rings. The third-order valence-corrected chi connectivity index (χ3v) is 3.04. The molecular weight excluding hydrogens is 260 g/mol. The fraction of sp³-hybridized carbons (Fsp3) is 0.429. The molecule has 0 spiro atoms. The van der Waals surface area contributed by atoms with Crippen molar-refractivity contribution in [1.82, 2.24) is 0 Å². The summed E-state index contributed by atoms with van der Waals surface area (Å²) < 4.78 is 0. The Morgan fingerprint density at radius 3 is 2.35 bits per heavy atom. The van der Waals surface area contributed by atoms with Crippen LogP contribution in [0.3, 0.4) is 0 Å². The Hall–Kier alpha value is -2.24. The molecule has 110 valence electrons. The zero-order chi connectivity index (χ0) is 15.3. The molecule has 0 fully saturated rings. The molecule has 0 heterocycles. The molecule has 0 saturated heterocycles. The smallest absolute Gasteiger partial charge is 0.310 e. The fourth-order valence-corrected chi connectivity index (χ4v) is 1.84. The summed E-state index contributed by atoms with van der Waals surface area (Å²) in [7, 11) is 0. The number of para-hydroxylation sites is 2. The van der Waals surface area contributed by atoms with Crippen molar-refractivity contribution in [3.05, 3.63) is 24.3 Å². The summed E-state index contributed by atoms with van der Waals surface area (Å²) in [6.07, 6.45) is -0.0793. The summed E-state index contributed by atoms with van der Waals surface area (Å²) in [5.74, 6) is -1.87. The van der Waals surface area contributed by atoms with E-state index >= 15 is 0 Å². The number of nitrogens with two attached hydrogens (primary N) is 1. The molecule has 0 atom stereocenters. The highest BCUT2D eigenvalue weighted by Crippen LogP contribution is 2.27. The van der Waals surface area contributed by atoms with Gasteiger partial charge < -0.3 is 20.8 Å². The van der Waals surface area contributed by atoms with Crippen molar-refractivity contribution in [1.29, 1.82) is 0 Å². The zero-order valence-corrected chi connectivity index (χ0v) is 11.7. The maximum Gasteiger partial charge on any atom is 0.310 e. The lowest BCUT2D eigenvalue weighted by Gasteiger charge is -2.32. The number of nitrogens with zero attached hydrogens (tertiary/aromatic N) is 1. The maximum atomic E-state index is 11.2. The lowest BCUT2D eigenvalue weighted by atomic mass is 9.92. The first-order valence-electron chi connectivity index (χ1n) is 6.28. The van der Waals surface area contributed by atoms with Crippen LogP contribution in [0.15, 0.2) is 24.3 Å². The summed E-state index contributed by atoms with van der Waals surface area (Å²) in [5, 5.41) is 18.0. The minimum absolute atomic E-state index is 0.0793. The van der Waals surface area contributed by atoms with Gasteiger partial charge in [-0.3, -0.25) is 9.59 Å². The molecule has 6 heteroatoms. The van der Waals surface area contributed by atoms with Gasteiger partial charge in [-0.2, -0.15) is 0 Å². The highest BCUT2D eigenvalue weighted by Gasteiger charge is 2.30. The number of aliphatic carboxylic acids is 2. The van der Waals surface area contributed by atoms with E-state index in [1.54, 1.807) is 43.0 Å². The average molecular weight is 280 g/mol. The first-order valence-corrected chi connectivity index (χ1v) is 6.28. The van der Waals surface area contributed by atoms with E-state index in [4.69, 9.17) is 10.8 Å². The lowest BCUT2D eigenvalue weighted by molar-refractivity contribution is -0.146. The number of rotatable bonds is 7. The molecule has 0 unspecified atom stereocenters. The van der Waals surface area contributed by atoms with Gasteiger partial charge in [0.1, 0.15) is 0 Å². The van der Waals surface area contributed by atoms with Crippen molar-refractivity contribution in [2.45, 2.75) is 20.3 Å². The summed E-state index contributed by atoms with van der Waals surface area (Å²) in [6, 6.07) is 7.02. The van der Waals surface area contributed by atoms with Crippen LogP contribution < -0.4 is 10.6 Å². The van der Waals surface area contributed by atoms with Gasteiger partial charge in [-0.1, -0.05) is 12.1 Å². The van der Waals surface area contributed by atoms with E-state index in [1.807, 2.05) is 0 Å². The lowest BCUT2D eigenvalue weighted by Crippen LogP contribution is -2.40. The van der Waals surface area contributed by atoms with E-state index in [0.717, 1.165) is 0 Å². The van der Waals surface area contributed by atoms with Crippen molar-refractivity contribution in [3.8, 4) is 0 Å². The van der Waals surface area contributed by atoms with Crippen LogP contribution in [0.2, 0.25) is 0 Å². The molecular formula is C14H20N2O4. The van der Waals surface area contributed by atoms with Gasteiger partial charge in [0.25, 0.3) is 0 Å². The van der Waals surface area contributed by atoms with Gasteiger partial charge in [-0.15, -0.1) is 0 Å². The summed E-state index contributed by atoms with van der Waals surface area (Å²) in [6.45, 7) is 3.59. The summed E-state index contributed by atoms with van der Waals surface area (Å²) in [4.78, 5) is 23.7. The van der Waals surface area contributed by atoms with E-state index in [2.05, 4.69) is 0 Å². The molecule has 1 rings (SSSR count). The molecule has 0 aliphatic carbocycles. The Morgan fingerprint density at radius 2 is 1.85 bits per heavy atom. The summed E-state index contributed by atoms with van der Waals surface area (Å²) in [5.41, 5.74) is 6.04. The van der Waals surface area contributed by atoms with Crippen molar-refractivity contribution < 1.29 is 19.8 Å². The van der Waals surface area contributed by atoms with E-state index in [9.17, 15) is 14.7 Å². The number of carboxylic acid groups (broad SMARTS) is 2. The molecule has 6 nitrogen and oxygen atoms in total. The van der Waals surface area contributed by atoms with Gasteiger partial charge >= 0.3 is 11.9 Å². The first-order chi connectivity index (χ1) is 9.24. The molecule has 0 saturated carbocycles. The molecule has 0 aromatic heterocycles. The predicted octanol–water partition coefficient (Wildman–Crippen LogP) is 1.66. The van der Waals surface area contributed by atoms with Crippen LogP contribution in [0.5, 0.6) is 0 Å². The zero-order valence-electron chi connectivity index (χ0n) is 11.7. The van der Waals surface area contributed by atoms with Crippen LogP contribution >= 0.6 is 0 Å². The highest BCUT2D eigenvalue weighted by molar-refractivity contribution is 5.76. The number of benzene rings is 1. The molecule has 0 aliphatic heterocycles. The molecule has 1 aromatic rings. The van der Waals surface area contributed by atoms with Gasteiger partial charge in [0.2, 0.25) is 0 Å². The van der Waals surface area contributed by atoms with Crippen LogP contribution in [0.25, 0.3) is 0 Å². The van der Waals surface area contributed by atoms with Crippen molar-refractivity contribution in [2.75, 3.05) is 23.7 Å². The number of carboxylic acids is 2. The van der Waals surface area contributed by atoms with E-state index in [1.165, 1.54) is 0 Å². The van der Waals surface area contributed by atoms with Crippen LogP contribution in [0, 0.1) is 5.41 Å². The third-order valence-electron chi connectivity index (χ3n) is 3.04.